The summed E-state index contributed by atoms with van der Waals surface area (Å²) < 4.78 is 15.9. The molecule has 0 aromatic carbocycles. The molecule has 4 heteroatoms. The third-order valence-electron chi connectivity index (χ3n) is 1.88. The van der Waals surface area contributed by atoms with Crippen LogP contribution in [-0.4, -0.2) is 19.5 Å². The Balaban J connectivity index is 2.62. The number of ether oxygens (including phenoxy) is 3. The number of rotatable bonds is 4. The van der Waals surface area contributed by atoms with E-state index in [1.807, 2.05) is 13.8 Å². The van der Waals surface area contributed by atoms with E-state index in [0.29, 0.717) is 37.6 Å². The van der Waals surface area contributed by atoms with Crippen LogP contribution in [0.4, 0.5) is 0 Å². The van der Waals surface area contributed by atoms with E-state index in [1.54, 1.807) is 0 Å². The van der Waals surface area contributed by atoms with Crippen LogP contribution in [0.15, 0.2) is 11.5 Å². The van der Waals surface area contributed by atoms with Crippen molar-refractivity contribution in [2.45, 2.75) is 33.0 Å². The Hall–Kier alpha value is -1.21. The van der Waals surface area contributed by atoms with Gasteiger partial charge in [-0.25, -0.2) is 0 Å². The molecule has 0 spiro atoms. The summed E-state index contributed by atoms with van der Waals surface area (Å²) in [7, 11) is 0. The normalized spacial score (nSPS) is 21.4. The molecular formula is C10H15NO3. The molecule has 0 radical (unpaired) electrons. The first kappa shape index (κ1) is 10.9. The highest BCUT2D eigenvalue weighted by molar-refractivity contribution is 5.23. The van der Waals surface area contributed by atoms with Gasteiger partial charge in [0.05, 0.1) is 6.61 Å². The highest BCUT2D eigenvalue weighted by atomic mass is 16.8. The maximum Gasteiger partial charge on any atom is 0.295 e. The molecule has 0 bridgehead atoms. The van der Waals surface area contributed by atoms with Gasteiger partial charge in [-0.1, -0.05) is 0 Å². The largest absolute Gasteiger partial charge is 0.465 e. The van der Waals surface area contributed by atoms with Gasteiger partial charge in [-0.2, -0.15) is 5.26 Å². The minimum absolute atomic E-state index is 0.265. The molecule has 1 unspecified atom stereocenters. The van der Waals surface area contributed by atoms with E-state index in [2.05, 4.69) is 6.07 Å². The van der Waals surface area contributed by atoms with E-state index >= 15 is 0 Å². The fourth-order valence-corrected chi connectivity index (χ4v) is 1.27. The van der Waals surface area contributed by atoms with Crippen molar-refractivity contribution in [1.29, 1.82) is 5.26 Å². The Labute approximate surface area is 84.1 Å². The fourth-order valence-electron chi connectivity index (χ4n) is 1.27. The average molecular weight is 197 g/mol. The molecule has 0 aromatic heterocycles. The molecule has 1 aliphatic rings. The SMILES string of the molecule is CCOC1=C(C#N)CCC(OCC)O1. The summed E-state index contributed by atoms with van der Waals surface area (Å²) >= 11 is 0. The molecular weight excluding hydrogens is 182 g/mol. The van der Waals surface area contributed by atoms with E-state index < -0.39 is 0 Å². The van der Waals surface area contributed by atoms with Crippen LogP contribution in [0.25, 0.3) is 0 Å². The van der Waals surface area contributed by atoms with E-state index in [0.717, 1.165) is 0 Å². The van der Waals surface area contributed by atoms with E-state index in [9.17, 15) is 0 Å². The zero-order valence-electron chi connectivity index (χ0n) is 8.58. The van der Waals surface area contributed by atoms with Gasteiger partial charge in [0.25, 0.3) is 5.95 Å². The molecule has 4 nitrogen and oxygen atoms in total. The standard InChI is InChI=1S/C10H15NO3/c1-3-12-9-6-5-8(7-11)10(14-9)13-4-2/h9H,3-6H2,1-2H3. The number of hydrogen-bond donors (Lipinski definition) is 0. The molecule has 0 fully saturated rings. The Bertz CT molecular complexity index is 255. The van der Waals surface area contributed by atoms with E-state index in [4.69, 9.17) is 19.5 Å². The second kappa shape index (κ2) is 5.51. The maximum absolute atomic E-state index is 8.80. The minimum atomic E-state index is -0.265. The third kappa shape index (κ3) is 2.64. The van der Waals surface area contributed by atoms with E-state index in [1.165, 1.54) is 0 Å². The Kier molecular flexibility index (Phi) is 4.27. The van der Waals surface area contributed by atoms with Gasteiger partial charge < -0.3 is 14.2 Å². The van der Waals surface area contributed by atoms with Crippen LogP contribution in [0, 0.1) is 11.3 Å². The molecule has 0 N–H and O–H groups in total. The van der Waals surface area contributed by atoms with Crippen molar-refractivity contribution >= 4 is 0 Å². The summed E-state index contributed by atoms with van der Waals surface area (Å²) in [6.45, 7) is 4.87. The predicted octanol–water partition coefficient (Wildman–Crippen LogP) is 1.93. The molecule has 0 saturated carbocycles. The zero-order valence-corrected chi connectivity index (χ0v) is 8.58. The monoisotopic (exact) mass is 197 g/mol. The lowest BCUT2D eigenvalue weighted by Gasteiger charge is -2.25. The molecule has 1 aliphatic heterocycles. The molecule has 0 aromatic rings. The summed E-state index contributed by atoms with van der Waals surface area (Å²) in [5.74, 6) is 0.333. The Morgan fingerprint density at radius 1 is 1.50 bits per heavy atom. The van der Waals surface area contributed by atoms with Crippen molar-refractivity contribution in [2.75, 3.05) is 13.2 Å². The number of nitrogens with zero attached hydrogens (tertiary/aromatic N) is 1. The smallest absolute Gasteiger partial charge is 0.295 e. The number of allylic oxidation sites excluding steroid dienone is 1. The summed E-state index contributed by atoms with van der Waals surface area (Å²) in [5.41, 5.74) is 0.572. The van der Waals surface area contributed by atoms with Crippen LogP contribution in [-0.2, 0) is 14.2 Å². The van der Waals surface area contributed by atoms with Gasteiger partial charge in [0.15, 0.2) is 0 Å². The van der Waals surface area contributed by atoms with Crippen LogP contribution in [0.2, 0.25) is 0 Å². The van der Waals surface area contributed by atoms with Crippen molar-refractivity contribution < 1.29 is 14.2 Å². The van der Waals surface area contributed by atoms with Crippen molar-refractivity contribution in [3.8, 4) is 6.07 Å². The van der Waals surface area contributed by atoms with Gasteiger partial charge in [-0.3, -0.25) is 0 Å². The first-order valence-electron chi connectivity index (χ1n) is 4.86. The predicted molar refractivity (Wildman–Crippen MR) is 50.0 cm³/mol. The Morgan fingerprint density at radius 3 is 2.86 bits per heavy atom. The average Bonchev–Trinajstić information content (AvgIpc) is 2.19. The molecule has 0 amide bonds. The lowest BCUT2D eigenvalue weighted by Crippen LogP contribution is -2.23. The second-order valence-electron chi connectivity index (χ2n) is 2.85. The van der Waals surface area contributed by atoms with Crippen molar-refractivity contribution in [2.24, 2.45) is 0 Å². The fraction of sp³-hybridized carbons (Fsp3) is 0.700. The number of hydrogen-bond acceptors (Lipinski definition) is 4. The van der Waals surface area contributed by atoms with Gasteiger partial charge in [0, 0.05) is 13.0 Å². The molecule has 1 heterocycles. The molecule has 0 aliphatic carbocycles. The first-order valence-corrected chi connectivity index (χ1v) is 4.86. The van der Waals surface area contributed by atoms with Crippen LogP contribution in [0.3, 0.4) is 0 Å². The first-order chi connectivity index (χ1) is 6.81. The van der Waals surface area contributed by atoms with Crippen LogP contribution in [0.5, 0.6) is 0 Å². The summed E-state index contributed by atoms with van der Waals surface area (Å²) in [5, 5.41) is 8.80. The highest BCUT2D eigenvalue weighted by Crippen LogP contribution is 2.24. The lowest BCUT2D eigenvalue weighted by atomic mass is 10.1. The van der Waals surface area contributed by atoms with Crippen molar-refractivity contribution in [3.63, 3.8) is 0 Å². The third-order valence-corrected chi connectivity index (χ3v) is 1.88. The van der Waals surface area contributed by atoms with Gasteiger partial charge >= 0.3 is 0 Å². The molecule has 14 heavy (non-hydrogen) atoms. The molecule has 1 atom stereocenters. The van der Waals surface area contributed by atoms with Crippen LogP contribution < -0.4 is 0 Å². The van der Waals surface area contributed by atoms with Gasteiger partial charge in [0.1, 0.15) is 11.6 Å². The van der Waals surface area contributed by atoms with Gasteiger partial charge in [-0.05, 0) is 20.3 Å². The van der Waals surface area contributed by atoms with Gasteiger partial charge in [-0.15, -0.1) is 0 Å². The van der Waals surface area contributed by atoms with Crippen LogP contribution in [0.1, 0.15) is 26.7 Å². The van der Waals surface area contributed by atoms with Crippen LogP contribution >= 0.6 is 0 Å². The quantitative estimate of drug-likeness (QED) is 0.691. The molecule has 0 saturated heterocycles. The number of nitriles is 1. The minimum Gasteiger partial charge on any atom is -0.465 e. The van der Waals surface area contributed by atoms with Gasteiger partial charge in [0.2, 0.25) is 6.29 Å². The summed E-state index contributed by atoms with van der Waals surface area (Å²) in [6, 6.07) is 2.08. The second-order valence-corrected chi connectivity index (χ2v) is 2.85. The molecule has 1 rings (SSSR count). The van der Waals surface area contributed by atoms with Crippen molar-refractivity contribution in [3.05, 3.63) is 11.5 Å². The van der Waals surface area contributed by atoms with Crippen molar-refractivity contribution in [1.82, 2.24) is 0 Å². The zero-order chi connectivity index (χ0) is 10.4. The lowest BCUT2D eigenvalue weighted by molar-refractivity contribution is -0.158. The maximum atomic E-state index is 8.80. The topological polar surface area (TPSA) is 51.5 Å². The van der Waals surface area contributed by atoms with E-state index in [-0.39, 0.29) is 6.29 Å². The summed E-state index contributed by atoms with van der Waals surface area (Å²) in [6.07, 6.45) is 1.11. The summed E-state index contributed by atoms with van der Waals surface area (Å²) in [4.78, 5) is 0. The highest BCUT2D eigenvalue weighted by Gasteiger charge is 2.23. The Morgan fingerprint density at radius 2 is 2.29 bits per heavy atom. The molecule has 78 valence electrons.